The number of nitrogens with two attached hydrogens (primary N) is 1. The van der Waals surface area contributed by atoms with Crippen LogP contribution in [0, 0.1) is 0 Å². The number of esters is 1. The number of para-hydroxylation sites is 1. The Morgan fingerprint density at radius 3 is 2.57 bits per heavy atom. The van der Waals surface area contributed by atoms with Crippen molar-refractivity contribution in [2.24, 2.45) is 5.14 Å². The third-order valence-electron chi connectivity index (χ3n) is 6.04. The maximum Gasteiger partial charge on any atom is 0.339 e. The molecular formula is C27H23N3O5S2. The zero-order valence-electron chi connectivity index (χ0n) is 19.6. The van der Waals surface area contributed by atoms with Gasteiger partial charge in [0.1, 0.15) is 0 Å². The predicted molar refractivity (Wildman–Crippen MR) is 144 cm³/mol. The quantitative estimate of drug-likeness (QED) is 0.348. The number of carbonyl (C=O) groups excluding carboxylic acids is 2. The Kier molecular flexibility index (Phi) is 6.88. The second kappa shape index (κ2) is 10.3. The van der Waals surface area contributed by atoms with Gasteiger partial charge < -0.3 is 10.1 Å². The summed E-state index contributed by atoms with van der Waals surface area (Å²) in [5, 5.41) is 10.4. The number of allylic oxidation sites excluding steroid dienone is 1. The molecule has 8 nitrogen and oxygen atoms in total. The van der Waals surface area contributed by atoms with E-state index >= 15 is 0 Å². The number of nitrogens with one attached hydrogen (secondary N) is 1. The first-order chi connectivity index (χ1) is 17.8. The molecule has 4 aromatic rings. The van der Waals surface area contributed by atoms with Crippen LogP contribution in [0.25, 0.3) is 22.6 Å². The van der Waals surface area contributed by atoms with Crippen LogP contribution in [0.4, 0.5) is 5.69 Å². The Morgan fingerprint density at radius 2 is 1.84 bits per heavy atom. The van der Waals surface area contributed by atoms with Crippen LogP contribution in [-0.4, -0.2) is 31.9 Å². The van der Waals surface area contributed by atoms with Crippen LogP contribution in [0.3, 0.4) is 0 Å². The van der Waals surface area contributed by atoms with E-state index in [9.17, 15) is 18.0 Å². The van der Waals surface area contributed by atoms with E-state index in [1.807, 2.05) is 41.8 Å². The highest BCUT2D eigenvalue weighted by atomic mass is 32.2. The van der Waals surface area contributed by atoms with Crippen molar-refractivity contribution in [1.82, 2.24) is 4.98 Å². The molecule has 0 bridgehead atoms. The Hall–Kier alpha value is -3.86. The first-order valence-corrected chi connectivity index (χ1v) is 14.0. The van der Waals surface area contributed by atoms with Crippen LogP contribution >= 0.6 is 11.3 Å². The number of anilines is 1. The third kappa shape index (κ3) is 5.46. The maximum absolute atomic E-state index is 13.3. The number of amides is 1. The standard InChI is InChI=1S/C27H23N3O5S2/c28-37(33,34)20-12-10-18(11-13-20)29-24(31)16-35-27(32)25-21-7-1-2-9-23(21)30-26-17(5-3-8-22(25)26)15-19-6-4-14-36-19/h1-2,4,6-7,9-15H,3,5,8,16H2,(H,29,31)(H2,28,33,34)/b17-15+. The van der Waals surface area contributed by atoms with Gasteiger partial charge in [-0.15, -0.1) is 11.3 Å². The highest BCUT2D eigenvalue weighted by molar-refractivity contribution is 7.89. The molecule has 37 heavy (non-hydrogen) atoms. The number of sulfonamides is 1. The summed E-state index contributed by atoms with van der Waals surface area (Å²) >= 11 is 1.64. The molecule has 0 spiro atoms. The van der Waals surface area contributed by atoms with Gasteiger partial charge in [-0.1, -0.05) is 24.3 Å². The van der Waals surface area contributed by atoms with Crippen molar-refractivity contribution in [2.45, 2.75) is 24.2 Å². The normalized spacial score (nSPS) is 14.4. The number of nitrogens with zero attached hydrogens (tertiary/aromatic N) is 1. The van der Waals surface area contributed by atoms with Crippen molar-refractivity contribution in [3.8, 4) is 0 Å². The van der Waals surface area contributed by atoms with E-state index in [1.54, 1.807) is 11.3 Å². The topological polar surface area (TPSA) is 128 Å². The molecule has 188 valence electrons. The summed E-state index contributed by atoms with van der Waals surface area (Å²) in [5.41, 5.74) is 4.17. The number of ether oxygens (including phenoxy) is 1. The van der Waals surface area contributed by atoms with Crippen molar-refractivity contribution in [3.05, 3.63) is 87.7 Å². The van der Waals surface area contributed by atoms with Gasteiger partial charge in [-0.2, -0.15) is 0 Å². The van der Waals surface area contributed by atoms with Gasteiger partial charge in [-0.3, -0.25) is 4.79 Å². The number of fused-ring (bicyclic) bond motifs is 2. The van der Waals surface area contributed by atoms with Gasteiger partial charge in [-0.25, -0.2) is 23.3 Å². The van der Waals surface area contributed by atoms with E-state index in [-0.39, 0.29) is 4.90 Å². The first kappa shape index (κ1) is 24.8. The Bertz CT molecular complexity index is 1630. The van der Waals surface area contributed by atoms with Crippen LogP contribution in [-0.2, 0) is 26.0 Å². The smallest absolute Gasteiger partial charge is 0.339 e. The van der Waals surface area contributed by atoms with Crippen LogP contribution in [0.1, 0.15) is 39.3 Å². The summed E-state index contributed by atoms with van der Waals surface area (Å²) in [4.78, 5) is 31.7. The summed E-state index contributed by atoms with van der Waals surface area (Å²) in [5.74, 6) is -1.14. The van der Waals surface area contributed by atoms with Gasteiger partial charge in [0.25, 0.3) is 5.91 Å². The summed E-state index contributed by atoms with van der Waals surface area (Å²) < 4.78 is 28.2. The largest absolute Gasteiger partial charge is 0.452 e. The fraction of sp³-hybridized carbons (Fsp3) is 0.148. The first-order valence-electron chi connectivity index (χ1n) is 11.6. The van der Waals surface area contributed by atoms with Crippen molar-refractivity contribution >= 4 is 61.5 Å². The van der Waals surface area contributed by atoms with Gasteiger partial charge in [0.2, 0.25) is 10.0 Å². The summed E-state index contributed by atoms with van der Waals surface area (Å²) in [7, 11) is -3.84. The van der Waals surface area contributed by atoms with E-state index in [1.165, 1.54) is 24.3 Å². The minimum absolute atomic E-state index is 0.0706. The van der Waals surface area contributed by atoms with E-state index in [0.29, 0.717) is 28.6 Å². The Balaban J connectivity index is 1.39. The van der Waals surface area contributed by atoms with Gasteiger partial charge in [0.05, 0.1) is 21.7 Å². The fourth-order valence-electron chi connectivity index (χ4n) is 4.38. The van der Waals surface area contributed by atoms with Crippen molar-refractivity contribution < 1.29 is 22.7 Å². The molecule has 10 heteroatoms. The lowest BCUT2D eigenvalue weighted by Gasteiger charge is -2.22. The highest BCUT2D eigenvalue weighted by Crippen LogP contribution is 2.36. The number of benzene rings is 2. The molecule has 0 fully saturated rings. The molecule has 0 atom stereocenters. The third-order valence-corrected chi connectivity index (χ3v) is 7.78. The number of hydrogen-bond acceptors (Lipinski definition) is 7. The average molecular weight is 534 g/mol. The molecule has 3 N–H and O–H groups in total. The van der Waals surface area contributed by atoms with E-state index in [4.69, 9.17) is 14.9 Å². The number of hydrogen-bond donors (Lipinski definition) is 2. The summed E-state index contributed by atoms with van der Waals surface area (Å²) in [6.07, 6.45) is 4.53. The van der Waals surface area contributed by atoms with Gasteiger partial charge in [0, 0.05) is 16.0 Å². The SMILES string of the molecule is NS(=O)(=O)c1ccc(NC(=O)COC(=O)c2c3c(nc4ccccc24)/C(=C/c2cccs2)CCC3)cc1. The lowest BCUT2D eigenvalue weighted by atomic mass is 9.86. The molecule has 0 aliphatic heterocycles. The number of rotatable bonds is 6. The Labute approximate surface area is 217 Å². The second-order valence-corrected chi connectivity index (χ2v) is 11.1. The summed E-state index contributed by atoms with van der Waals surface area (Å²) in [6, 6.07) is 16.8. The molecule has 1 amide bonds. The molecule has 0 unspecified atom stereocenters. The molecule has 2 aromatic heterocycles. The number of pyridine rings is 1. The molecule has 5 rings (SSSR count). The molecule has 1 aliphatic rings. The average Bonchev–Trinajstić information content (AvgIpc) is 3.39. The predicted octanol–water partition coefficient (Wildman–Crippen LogP) is 4.62. The maximum atomic E-state index is 13.3. The monoisotopic (exact) mass is 533 g/mol. The summed E-state index contributed by atoms with van der Waals surface area (Å²) in [6.45, 7) is -0.501. The minimum Gasteiger partial charge on any atom is -0.452 e. The minimum atomic E-state index is -3.84. The molecule has 2 heterocycles. The van der Waals surface area contributed by atoms with Crippen molar-refractivity contribution in [3.63, 3.8) is 0 Å². The lowest BCUT2D eigenvalue weighted by Crippen LogP contribution is -2.22. The van der Waals surface area contributed by atoms with Crippen LogP contribution < -0.4 is 10.5 Å². The Morgan fingerprint density at radius 1 is 1.05 bits per heavy atom. The molecule has 0 saturated carbocycles. The fourth-order valence-corrected chi connectivity index (χ4v) is 5.58. The number of thiophene rings is 1. The van der Waals surface area contributed by atoms with Crippen LogP contribution in [0.5, 0.6) is 0 Å². The van der Waals surface area contributed by atoms with Gasteiger partial charge in [-0.05, 0) is 78.3 Å². The van der Waals surface area contributed by atoms with E-state index in [0.717, 1.165) is 34.5 Å². The van der Waals surface area contributed by atoms with Gasteiger partial charge >= 0.3 is 5.97 Å². The van der Waals surface area contributed by atoms with Crippen molar-refractivity contribution in [2.75, 3.05) is 11.9 Å². The van der Waals surface area contributed by atoms with E-state index in [2.05, 4.69) is 11.4 Å². The second-order valence-electron chi connectivity index (χ2n) is 8.56. The lowest BCUT2D eigenvalue weighted by molar-refractivity contribution is -0.119. The van der Waals surface area contributed by atoms with E-state index < -0.39 is 28.5 Å². The number of aromatic nitrogens is 1. The van der Waals surface area contributed by atoms with Gasteiger partial charge in [0.15, 0.2) is 6.61 Å². The number of primary sulfonamides is 1. The zero-order chi connectivity index (χ0) is 26.0. The molecule has 0 saturated heterocycles. The van der Waals surface area contributed by atoms with Crippen LogP contribution in [0.15, 0.2) is 70.9 Å². The molecule has 2 aromatic carbocycles. The molecule has 0 radical (unpaired) electrons. The molecule has 1 aliphatic carbocycles. The van der Waals surface area contributed by atoms with Crippen molar-refractivity contribution in [1.29, 1.82) is 0 Å². The highest BCUT2D eigenvalue weighted by Gasteiger charge is 2.26. The number of carbonyl (C=O) groups is 2. The molecular weight excluding hydrogens is 510 g/mol. The zero-order valence-corrected chi connectivity index (χ0v) is 21.3. The van der Waals surface area contributed by atoms with Crippen LogP contribution in [0.2, 0.25) is 0 Å².